The Hall–Kier alpha value is -2.24. The highest BCUT2D eigenvalue weighted by molar-refractivity contribution is 5.81. The van der Waals surface area contributed by atoms with Crippen molar-refractivity contribution in [3.8, 4) is 11.3 Å². The predicted molar refractivity (Wildman–Crippen MR) is 87.6 cm³/mol. The van der Waals surface area contributed by atoms with Crippen molar-refractivity contribution in [3.63, 3.8) is 0 Å². The maximum absolute atomic E-state index is 12.5. The third-order valence-corrected chi connectivity index (χ3v) is 4.22. The molecular formula is C17H23N5O. The minimum Gasteiger partial charge on any atom is -0.342 e. The molecule has 1 unspecified atom stereocenters. The van der Waals surface area contributed by atoms with Crippen molar-refractivity contribution in [2.24, 2.45) is 5.41 Å². The maximum Gasteiger partial charge on any atom is 0.227 e. The summed E-state index contributed by atoms with van der Waals surface area (Å²) in [5.74, 6) is 0.454. The molecule has 2 aromatic rings. The molecule has 1 saturated heterocycles. The summed E-state index contributed by atoms with van der Waals surface area (Å²) in [6.45, 7) is 7.47. The van der Waals surface area contributed by atoms with E-state index in [1.807, 2.05) is 38.1 Å². The number of aromatic amines is 1. The number of amides is 1. The minimum atomic E-state index is -0.341. The van der Waals surface area contributed by atoms with E-state index in [1.165, 1.54) is 0 Å². The second kappa shape index (κ2) is 6.10. The molecule has 3 heterocycles. The number of hydrogen-bond acceptors (Lipinski definition) is 4. The van der Waals surface area contributed by atoms with Gasteiger partial charge in [-0.15, -0.1) is 0 Å². The number of aromatic nitrogens is 4. The van der Waals surface area contributed by atoms with Crippen molar-refractivity contribution >= 4 is 5.91 Å². The molecule has 1 N–H and O–H groups in total. The van der Waals surface area contributed by atoms with E-state index in [1.54, 1.807) is 12.4 Å². The molecule has 1 fully saturated rings. The Balaban J connectivity index is 1.79. The van der Waals surface area contributed by atoms with Crippen molar-refractivity contribution in [2.75, 3.05) is 13.1 Å². The van der Waals surface area contributed by atoms with Gasteiger partial charge in [-0.05, 0) is 12.8 Å². The monoisotopic (exact) mass is 313 g/mol. The maximum atomic E-state index is 12.5. The van der Waals surface area contributed by atoms with Gasteiger partial charge < -0.3 is 4.90 Å². The Morgan fingerprint density at radius 2 is 2.13 bits per heavy atom. The van der Waals surface area contributed by atoms with Crippen LogP contribution in [0, 0.1) is 5.41 Å². The Morgan fingerprint density at radius 3 is 2.83 bits per heavy atom. The first kappa shape index (κ1) is 15.6. The molecule has 1 aliphatic rings. The Morgan fingerprint density at radius 1 is 1.30 bits per heavy atom. The summed E-state index contributed by atoms with van der Waals surface area (Å²) in [6, 6.07) is 0. The summed E-state index contributed by atoms with van der Waals surface area (Å²) in [4.78, 5) is 23.6. The third kappa shape index (κ3) is 3.41. The second-order valence-corrected chi connectivity index (χ2v) is 7.16. The Labute approximate surface area is 136 Å². The lowest BCUT2D eigenvalue weighted by Crippen LogP contribution is -2.44. The normalized spacial score (nSPS) is 18.9. The van der Waals surface area contributed by atoms with Gasteiger partial charge >= 0.3 is 0 Å². The van der Waals surface area contributed by atoms with E-state index < -0.39 is 0 Å². The van der Waals surface area contributed by atoms with E-state index in [0.29, 0.717) is 0 Å². The molecule has 0 spiro atoms. The first-order valence-electron chi connectivity index (χ1n) is 8.05. The molecule has 0 aliphatic carbocycles. The van der Waals surface area contributed by atoms with Gasteiger partial charge in [0, 0.05) is 42.4 Å². The van der Waals surface area contributed by atoms with Crippen molar-refractivity contribution < 1.29 is 4.79 Å². The van der Waals surface area contributed by atoms with Crippen LogP contribution in [0.3, 0.4) is 0 Å². The summed E-state index contributed by atoms with van der Waals surface area (Å²) in [5, 5.41) is 6.75. The molecule has 6 heteroatoms. The van der Waals surface area contributed by atoms with Crippen molar-refractivity contribution in [2.45, 2.75) is 39.5 Å². The van der Waals surface area contributed by atoms with Crippen LogP contribution in [0.2, 0.25) is 0 Å². The van der Waals surface area contributed by atoms with Crippen LogP contribution in [0.15, 0.2) is 24.8 Å². The number of piperidine rings is 1. The number of nitrogens with zero attached hydrogens (tertiary/aromatic N) is 4. The van der Waals surface area contributed by atoms with Crippen molar-refractivity contribution in [1.82, 2.24) is 25.1 Å². The Kier molecular flexibility index (Phi) is 4.15. The van der Waals surface area contributed by atoms with E-state index >= 15 is 0 Å². The molecule has 0 aromatic carbocycles. The van der Waals surface area contributed by atoms with Crippen LogP contribution in [0.5, 0.6) is 0 Å². The predicted octanol–water partition coefficient (Wildman–Crippen LogP) is 2.62. The fraction of sp³-hybridized carbons (Fsp3) is 0.529. The Bertz CT molecular complexity index is 675. The molecule has 0 saturated carbocycles. The lowest BCUT2D eigenvalue weighted by atomic mass is 9.90. The molecule has 3 rings (SSSR count). The molecule has 23 heavy (non-hydrogen) atoms. The fourth-order valence-corrected chi connectivity index (χ4v) is 2.99. The second-order valence-electron chi connectivity index (χ2n) is 7.16. The van der Waals surface area contributed by atoms with Crippen molar-refractivity contribution in [1.29, 1.82) is 0 Å². The number of carbonyl (C=O) groups is 1. The van der Waals surface area contributed by atoms with Gasteiger partial charge in [-0.2, -0.15) is 5.10 Å². The van der Waals surface area contributed by atoms with Gasteiger partial charge in [0.15, 0.2) is 0 Å². The zero-order valence-electron chi connectivity index (χ0n) is 13.9. The molecular weight excluding hydrogens is 290 g/mol. The van der Waals surface area contributed by atoms with Gasteiger partial charge in [0.05, 0.1) is 23.8 Å². The molecule has 0 radical (unpaired) electrons. The number of nitrogens with one attached hydrogen (secondary N) is 1. The fourth-order valence-electron chi connectivity index (χ4n) is 2.99. The average molecular weight is 313 g/mol. The van der Waals surface area contributed by atoms with Gasteiger partial charge in [-0.25, -0.2) is 4.98 Å². The van der Waals surface area contributed by atoms with E-state index in [9.17, 15) is 4.79 Å². The number of likely N-dealkylation sites (tertiary alicyclic amines) is 1. The summed E-state index contributed by atoms with van der Waals surface area (Å²) >= 11 is 0. The number of rotatable bonds is 2. The van der Waals surface area contributed by atoms with Gasteiger partial charge in [0.1, 0.15) is 0 Å². The molecule has 2 aromatic heterocycles. The summed E-state index contributed by atoms with van der Waals surface area (Å²) in [7, 11) is 0. The zero-order chi connectivity index (χ0) is 16.4. The van der Waals surface area contributed by atoms with Crippen LogP contribution in [-0.4, -0.2) is 44.1 Å². The lowest BCUT2D eigenvalue weighted by molar-refractivity contribution is -0.140. The molecule has 1 amide bonds. The largest absolute Gasteiger partial charge is 0.342 e. The van der Waals surface area contributed by atoms with E-state index in [-0.39, 0.29) is 17.2 Å². The molecule has 1 aliphatic heterocycles. The van der Waals surface area contributed by atoms with Crippen LogP contribution in [0.25, 0.3) is 11.3 Å². The molecule has 0 bridgehead atoms. The molecule has 1 atom stereocenters. The quantitative estimate of drug-likeness (QED) is 0.925. The highest BCUT2D eigenvalue weighted by Crippen LogP contribution is 2.29. The van der Waals surface area contributed by atoms with Crippen LogP contribution in [0.4, 0.5) is 0 Å². The lowest BCUT2D eigenvalue weighted by Gasteiger charge is -2.36. The van der Waals surface area contributed by atoms with Gasteiger partial charge in [-0.1, -0.05) is 20.8 Å². The zero-order valence-corrected chi connectivity index (χ0v) is 13.9. The van der Waals surface area contributed by atoms with E-state index in [4.69, 9.17) is 4.98 Å². The summed E-state index contributed by atoms with van der Waals surface area (Å²) in [5.41, 5.74) is 2.36. The standard InChI is InChI=1S/C17H23N5O/c1-17(2,3)16(23)22-6-4-5-12(11-22)14-9-18-10-15(21-14)13-7-19-20-8-13/h7-10,12H,4-6,11H2,1-3H3,(H,19,20). The highest BCUT2D eigenvalue weighted by atomic mass is 16.2. The van der Waals surface area contributed by atoms with Gasteiger partial charge in [-0.3, -0.25) is 14.9 Å². The summed E-state index contributed by atoms with van der Waals surface area (Å²) < 4.78 is 0. The molecule has 6 nitrogen and oxygen atoms in total. The number of carbonyl (C=O) groups excluding carboxylic acids is 1. The van der Waals surface area contributed by atoms with Crippen LogP contribution >= 0.6 is 0 Å². The van der Waals surface area contributed by atoms with E-state index in [0.717, 1.165) is 42.9 Å². The number of hydrogen-bond donors (Lipinski definition) is 1. The first-order chi connectivity index (χ1) is 10.9. The topological polar surface area (TPSA) is 74.8 Å². The third-order valence-electron chi connectivity index (χ3n) is 4.22. The van der Waals surface area contributed by atoms with Crippen LogP contribution < -0.4 is 0 Å². The van der Waals surface area contributed by atoms with Gasteiger partial charge in [0.25, 0.3) is 0 Å². The van der Waals surface area contributed by atoms with Gasteiger partial charge in [0.2, 0.25) is 5.91 Å². The number of H-pyrrole nitrogens is 1. The smallest absolute Gasteiger partial charge is 0.227 e. The highest BCUT2D eigenvalue weighted by Gasteiger charge is 2.32. The van der Waals surface area contributed by atoms with Crippen LogP contribution in [-0.2, 0) is 4.79 Å². The SMILES string of the molecule is CC(C)(C)C(=O)N1CCCC(c2cncc(-c3cn[nH]c3)n2)C1. The average Bonchev–Trinajstić information content (AvgIpc) is 3.08. The van der Waals surface area contributed by atoms with Crippen LogP contribution in [0.1, 0.15) is 45.2 Å². The van der Waals surface area contributed by atoms with E-state index in [2.05, 4.69) is 15.2 Å². The van der Waals surface area contributed by atoms with Crippen molar-refractivity contribution in [3.05, 3.63) is 30.5 Å². The first-order valence-corrected chi connectivity index (χ1v) is 8.05. The molecule has 122 valence electrons. The summed E-state index contributed by atoms with van der Waals surface area (Å²) in [6.07, 6.45) is 9.16. The minimum absolute atomic E-state index is 0.209.